The van der Waals surface area contributed by atoms with Gasteiger partial charge in [0.25, 0.3) is 5.91 Å². The number of para-hydroxylation sites is 1. The van der Waals surface area contributed by atoms with Crippen molar-refractivity contribution < 1.29 is 9.53 Å². The third-order valence-electron chi connectivity index (χ3n) is 5.14. The number of carbonyl (C=O) groups excluding carboxylic acids is 1. The molecule has 1 aliphatic rings. The second-order valence-electron chi connectivity index (χ2n) is 7.28. The molecule has 7 heteroatoms. The summed E-state index contributed by atoms with van der Waals surface area (Å²) in [5.74, 6) is 0.962. The summed E-state index contributed by atoms with van der Waals surface area (Å²) in [6.45, 7) is 2.25. The molecule has 3 heterocycles. The van der Waals surface area contributed by atoms with E-state index in [0.717, 1.165) is 42.9 Å². The van der Waals surface area contributed by atoms with Gasteiger partial charge in [-0.1, -0.05) is 18.2 Å². The van der Waals surface area contributed by atoms with Crippen LogP contribution in [0.1, 0.15) is 23.3 Å². The van der Waals surface area contributed by atoms with Crippen molar-refractivity contribution >= 4 is 17.5 Å². The van der Waals surface area contributed by atoms with Gasteiger partial charge in [0.15, 0.2) is 0 Å². The standard InChI is InChI=1S/C22H25N5O2/c1-27-15-17(11-20(27)21(28)23-12-16-7-9-29-10-8-16)18-13-24-22(25-14-18)26-19-5-3-2-4-6-19/h2-6,11,13-16H,7-10,12H2,1H3,(H,23,28)(H,24,25,26). The van der Waals surface area contributed by atoms with E-state index in [-0.39, 0.29) is 5.91 Å². The third-order valence-corrected chi connectivity index (χ3v) is 5.14. The van der Waals surface area contributed by atoms with Crippen molar-refractivity contribution in [3.63, 3.8) is 0 Å². The molecule has 0 saturated carbocycles. The second kappa shape index (κ2) is 8.87. The molecule has 4 rings (SSSR count). The van der Waals surface area contributed by atoms with E-state index in [4.69, 9.17) is 4.74 Å². The van der Waals surface area contributed by atoms with Gasteiger partial charge in [0.2, 0.25) is 5.95 Å². The van der Waals surface area contributed by atoms with Crippen molar-refractivity contribution in [3.05, 3.63) is 60.7 Å². The predicted octanol–water partition coefficient (Wildman–Crippen LogP) is 3.38. The van der Waals surface area contributed by atoms with Gasteiger partial charge in [-0.3, -0.25) is 4.79 Å². The maximum atomic E-state index is 12.6. The van der Waals surface area contributed by atoms with Gasteiger partial charge in [0, 0.05) is 62.2 Å². The van der Waals surface area contributed by atoms with Crippen LogP contribution >= 0.6 is 0 Å². The SMILES string of the molecule is Cn1cc(-c2cnc(Nc3ccccc3)nc2)cc1C(=O)NCC1CCOCC1. The Bertz CT molecular complexity index is 947. The van der Waals surface area contributed by atoms with Crippen molar-refractivity contribution in [1.82, 2.24) is 19.9 Å². The lowest BCUT2D eigenvalue weighted by molar-refractivity contribution is 0.0641. The number of ether oxygens (including phenoxy) is 1. The highest BCUT2D eigenvalue weighted by Crippen LogP contribution is 2.22. The Morgan fingerprint density at radius 3 is 2.59 bits per heavy atom. The summed E-state index contributed by atoms with van der Waals surface area (Å²) in [6, 6.07) is 11.7. The fourth-order valence-corrected chi connectivity index (χ4v) is 3.42. The second-order valence-corrected chi connectivity index (χ2v) is 7.28. The Hall–Kier alpha value is -3.19. The van der Waals surface area contributed by atoms with Crippen LogP contribution < -0.4 is 10.6 Å². The Kier molecular flexibility index (Phi) is 5.86. The summed E-state index contributed by atoms with van der Waals surface area (Å²) in [7, 11) is 1.87. The predicted molar refractivity (Wildman–Crippen MR) is 112 cm³/mol. The summed E-state index contributed by atoms with van der Waals surface area (Å²) >= 11 is 0. The molecule has 2 aromatic heterocycles. The van der Waals surface area contributed by atoms with Gasteiger partial charge in [-0.2, -0.15) is 0 Å². The molecule has 0 unspecified atom stereocenters. The maximum Gasteiger partial charge on any atom is 0.267 e. The highest BCUT2D eigenvalue weighted by atomic mass is 16.5. The molecule has 0 radical (unpaired) electrons. The number of amides is 1. The number of rotatable bonds is 6. The van der Waals surface area contributed by atoms with E-state index in [9.17, 15) is 4.79 Å². The minimum Gasteiger partial charge on any atom is -0.381 e. The van der Waals surface area contributed by atoms with E-state index in [1.165, 1.54) is 0 Å². The molecule has 150 valence electrons. The summed E-state index contributed by atoms with van der Waals surface area (Å²) in [5, 5.41) is 6.22. The smallest absolute Gasteiger partial charge is 0.267 e. The van der Waals surface area contributed by atoms with Crippen LogP contribution in [0.25, 0.3) is 11.1 Å². The number of carbonyl (C=O) groups is 1. The minimum atomic E-state index is -0.0616. The van der Waals surface area contributed by atoms with Crippen molar-refractivity contribution in [1.29, 1.82) is 0 Å². The number of nitrogens with zero attached hydrogens (tertiary/aromatic N) is 3. The molecule has 1 aromatic carbocycles. The first-order chi connectivity index (χ1) is 14.2. The van der Waals surface area contributed by atoms with Gasteiger partial charge in [0.05, 0.1) is 0 Å². The molecular formula is C22H25N5O2. The first kappa shape index (κ1) is 19.1. The van der Waals surface area contributed by atoms with E-state index < -0.39 is 0 Å². The van der Waals surface area contributed by atoms with E-state index >= 15 is 0 Å². The van der Waals surface area contributed by atoms with E-state index in [1.54, 1.807) is 12.4 Å². The molecular weight excluding hydrogens is 366 g/mol. The number of hydrogen-bond acceptors (Lipinski definition) is 5. The van der Waals surface area contributed by atoms with Crippen LogP contribution in [0.4, 0.5) is 11.6 Å². The first-order valence-corrected chi connectivity index (χ1v) is 9.86. The van der Waals surface area contributed by atoms with Gasteiger partial charge >= 0.3 is 0 Å². The average Bonchev–Trinajstić information content (AvgIpc) is 3.16. The van der Waals surface area contributed by atoms with Gasteiger partial charge in [-0.15, -0.1) is 0 Å². The van der Waals surface area contributed by atoms with Gasteiger partial charge in [0.1, 0.15) is 5.69 Å². The topological polar surface area (TPSA) is 81.1 Å². The molecule has 7 nitrogen and oxygen atoms in total. The van der Waals surface area contributed by atoms with Crippen LogP contribution in [-0.2, 0) is 11.8 Å². The lowest BCUT2D eigenvalue weighted by Crippen LogP contribution is -2.33. The molecule has 1 saturated heterocycles. The largest absolute Gasteiger partial charge is 0.381 e. The highest BCUT2D eigenvalue weighted by molar-refractivity contribution is 5.94. The summed E-state index contributed by atoms with van der Waals surface area (Å²) in [5.41, 5.74) is 3.33. The monoisotopic (exact) mass is 391 g/mol. The molecule has 3 aromatic rings. The Labute approximate surface area is 170 Å². The summed E-state index contributed by atoms with van der Waals surface area (Å²) in [6.07, 6.45) is 7.44. The van der Waals surface area contributed by atoms with Crippen molar-refractivity contribution in [2.24, 2.45) is 13.0 Å². The van der Waals surface area contributed by atoms with Crippen LogP contribution in [0.15, 0.2) is 55.0 Å². The van der Waals surface area contributed by atoms with Crippen LogP contribution in [-0.4, -0.2) is 40.2 Å². The lowest BCUT2D eigenvalue weighted by atomic mass is 10.0. The molecule has 2 N–H and O–H groups in total. The minimum absolute atomic E-state index is 0.0616. The van der Waals surface area contributed by atoms with Gasteiger partial charge in [-0.05, 0) is 37.0 Å². The van der Waals surface area contributed by atoms with Gasteiger partial charge in [-0.25, -0.2) is 9.97 Å². The molecule has 1 fully saturated rings. The maximum absolute atomic E-state index is 12.6. The van der Waals surface area contributed by atoms with E-state index in [2.05, 4.69) is 20.6 Å². The normalized spacial score (nSPS) is 14.5. The molecule has 0 spiro atoms. The zero-order chi connectivity index (χ0) is 20.1. The quantitative estimate of drug-likeness (QED) is 0.673. The van der Waals surface area contributed by atoms with E-state index in [1.807, 2.05) is 54.2 Å². The van der Waals surface area contributed by atoms with Crippen molar-refractivity contribution in [3.8, 4) is 11.1 Å². The molecule has 29 heavy (non-hydrogen) atoms. The first-order valence-electron chi connectivity index (χ1n) is 9.86. The number of anilines is 2. The van der Waals surface area contributed by atoms with Crippen LogP contribution in [0.5, 0.6) is 0 Å². The van der Waals surface area contributed by atoms with Crippen molar-refractivity contribution in [2.75, 3.05) is 25.1 Å². The fourth-order valence-electron chi connectivity index (χ4n) is 3.42. The Morgan fingerprint density at radius 1 is 1.14 bits per heavy atom. The average molecular weight is 391 g/mol. The highest BCUT2D eigenvalue weighted by Gasteiger charge is 2.17. The fraction of sp³-hybridized carbons (Fsp3) is 0.318. The van der Waals surface area contributed by atoms with Crippen LogP contribution in [0, 0.1) is 5.92 Å². The lowest BCUT2D eigenvalue weighted by Gasteiger charge is -2.22. The van der Waals surface area contributed by atoms with Gasteiger partial charge < -0.3 is 19.9 Å². The third kappa shape index (κ3) is 4.81. The Morgan fingerprint density at radius 2 is 1.86 bits per heavy atom. The summed E-state index contributed by atoms with van der Waals surface area (Å²) < 4.78 is 7.21. The van der Waals surface area contributed by atoms with E-state index in [0.29, 0.717) is 24.1 Å². The number of nitrogens with one attached hydrogen (secondary N) is 2. The molecule has 1 aliphatic heterocycles. The molecule has 1 amide bonds. The summed E-state index contributed by atoms with van der Waals surface area (Å²) in [4.78, 5) is 21.4. The number of benzene rings is 1. The molecule has 0 bridgehead atoms. The number of aromatic nitrogens is 3. The zero-order valence-corrected chi connectivity index (χ0v) is 16.5. The van der Waals surface area contributed by atoms with Crippen LogP contribution in [0.3, 0.4) is 0 Å². The zero-order valence-electron chi connectivity index (χ0n) is 16.5. The number of hydrogen-bond donors (Lipinski definition) is 2. The number of aryl methyl sites for hydroxylation is 1. The Balaban J connectivity index is 1.41. The molecule has 0 aliphatic carbocycles. The molecule has 0 atom stereocenters. The van der Waals surface area contributed by atoms with Crippen LogP contribution in [0.2, 0.25) is 0 Å². The van der Waals surface area contributed by atoms with Crippen molar-refractivity contribution in [2.45, 2.75) is 12.8 Å².